The molecule has 1 aliphatic rings. The van der Waals surface area contributed by atoms with Crippen molar-refractivity contribution in [3.63, 3.8) is 0 Å². The van der Waals surface area contributed by atoms with Crippen LogP contribution in [0, 0.1) is 0 Å². The van der Waals surface area contributed by atoms with Crippen molar-refractivity contribution in [2.24, 2.45) is 0 Å². The fourth-order valence-corrected chi connectivity index (χ4v) is 3.43. The van der Waals surface area contributed by atoms with Crippen molar-refractivity contribution in [3.8, 4) is 0 Å². The Morgan fingerprint density at radius 3 is 2.91 bits per heavy atom. The molecule has 1 amide bonds. The molecule has 2 aromatic rings. The van der Waals surface area contributed by atoms with Crippen LogP contribution in [0.4, 0.5) is 0 Å². The highest BCUT2D eigenvalue weighted by Crippen LogP contribution is 2.30. The number of thiazole rings is 1. The van der Waals surface area contributed by atoms with Gasteiger partial charge in [-0.2, -0.15) is 0 Å². The first-order valence-electron chi connectivity index (χ1n) is 7.14. The lowest BCUT2D eigenvalue weighted by molar-refractivity contribution is -0.151. The highest BCUT2D eigenvalue weighted by atomic mass is 32.1. The van der Waals surface area contributed by atoms with Gasteiger partial charge in [-0.3, -0.25) is 4.79 Å². The number of fused-ring (bicyclic) bond motifs is 1. The highest BCUT2D eigenvalue weighted by Gasteiger charge is 2.35. The number of carboxylic acids is 1. The van der Waals surface area contributed by atoms with Crippen LogP contribution in [0.3, 0.4) is 0 Å². The molecule has 1 aliphatic heterocycles. The van der Waals surface area contributed by atoms with Crippen LogP contribution in [0.15, 0.2) is 35.2 Å². The van der Waals surface area contributed by atoms with Crippen molar-refractivity contribution in [1.82, 2.24) is 9.88 Å². The van der Waals surface area contributed by atoms with Gasteiger partial charge in [0.2, 0.25) is 5.91 Å². The maximum atomic E-state index is 12.5. The molecule has 1 atom stereocenters. The van der Waals surface area contributed by atoms with Gasteiger partial charge in [-0.1, -0.05) is 24.3 Å². The number of hydrogen-bond donors (Lipinski definition) is 1. The number of aromatic nitrogens is 1. The minimum Gasteiger partial charge on any atom is -0.479 e. The third-order valence-electron chi connectivity index (χ3n) is 3.92. The highest BCUT2D eigenvalue weighted by molar-refractivity contribution is 7.07. The summed E-state index contributed by atoms with van der Waals surface area (Å²) < 4.78 is 0. The minimum absolute atomic E-state index is 0.130. The fourth-order valence-electron chi connectivity index (χ4n) is 2.84. The number of nitrogens with zero attached hydrogens (tertiary/aromatic N) is 2. The van der Waals surface area contributed by atoms with Gasteiger partial charge in [0.1, 0.15) is 0 Å². The van der Waals surface area contributed by atoms with Crippen molar-refractivity contribution >= 4 is 23.2 Å². The van der Waals surface area contributed by atoms with E-state index in [0.29, 0.717) is 19.4 Å². The minimum atomic E-state index is -0.978. The smallest absolute Gasteiger partial charge is 0.331 e. The number of rotatable bonds is 4. The van der Waals surface area contributed by atoms with Gasteiger partial charge in [0, 0.05) is 18.3 Å². The molecule has 114 valence electrons. The molecule has 1 aromatic heterocycles. The maximum absolute atomic E-state index is 12.5. The first-order valence-corrected chi connectivity index (χ1v) is 8.08. The summed E-state index contributed by atoms with van der Waals surface area (Å²) in [6.45, 7) is 0.448. The zero-order valence-corrected chi connectivity index (χ0v) is 12.8. The standard InChI is InChI=1S/C16H16N2O3S/c19-14(6-5-12-9-22-10-17-12)18-8-7-11-3-1-2-4-13(11)15(18)16(20)21/h1-4,9-10,15H,5-8H2,(H,20,21). The summed E-state index contributed by atoms with van der Waals surface area (Å²) in [5, 5.41) is 11.5. The van der Waals surface area contributed by atoms with E-state index in [1.807, 2.05) is 23.6 Å². The van der Waals surface area contributed by atoms with Crippen molar-refractivity contribution in [3.05, 3.63) is 52.0 Å². The zero-order valence-electron chi connectivity index (χ0n) is 11.9. The summed E-state index contributed by atoms with van der Waals surface area (Å²) in [6.07, 6.45) is 1.53. The van der Waals surface area contributed by atoms with Crippen LogP contribution in [0.5, 0.6) is 0 Å². The number of carbonyl (C=O) groups is 2. The average Bonchev–Trinajstić information content (AvgIpc) is 3.04. The van der Waals surface area contributed by atoms with Crippen LogP contribution >= 0.6 is 11.3 Å². The molecule has 0 aliphatic carbocycles. The summed E-state index contributed by atoms with van der Waals surface area (Å²) in [7, 11) is 0. The first-order chi connectivity index (χ1) is 10.7. The van der Waals surface area contributed by atoms with Crippen molar-refractivity contribution in [1.29, 1.82) is 0 Å². The van der Waals surface area contributed by atoms with Crippen LogP contribution in [0.25, 0.3) is 0 Å². The molecule has 0 spiro atoms. The number of hydrogen-bond acceptors (Lipinski definition) is 4. The Kier molecular flexibility index (Phi) is 4.20. The van der Waals surface area contributed by atoms with Crippen LogP contribution in [0.2, 0.25) is 0 Å². The maximum Gasteiger partial charge on any atom is 0.331 e. The molecular formula is C16H16N2O3S. The van der Waals surface area contributed by atoms with Crippen molar-refractivity contribution in [2.45, 2.75) is 25.3 Å². The molecule has 2 heterocycles. The largest absolute Gasteiger partial charge is 0.479 e. The van der Waals surface area contributed by atoms with E-state index < -0.39 is 12.0 Å². The lowest BCUT2D eigenvalue weighted by atomic mass is 9.92. The van der Waals surface area contributed by atoms with E-state index in [4.69, 9.17) is 0 Å². The topological polar surface area (TPSA) is 70.5 Å². The molecule has 1 aromatic carbocycles. The first kappa shape index (κ1) is 14.7. The lowest BCUT2D eigenvalue weighted by Gasteiger charge is -2.34. The average molecular weight is 316 g/mol. The molecule has 0 bridgehead atoms. The number of amides is 1. The molecule has 6 heteroatoms. The van der Waals surface area contributed by atoms with Crippen LogP contribution < -0.4 is 0 Å². The van der Waals surface area contributed by atoms with E-state index >= 15 is 0 Å². The summed E-state index contributed by atoms with van der Waals surface area (Å²) in [4.78, 5) is 29.8. The van der Waals surface area contributed by atoms with E-state index in [-0.39, 0.29) is 12.3 Å². The van der Waals surface area contributed by atoms with Gasteiger partial charge >= 0.3 is 5.97 Å². The fraction of sp³-hybridized carbons (Fsp3) is 0.312. The SMILES string of the molecule is O=C(O)C1c2ccccc2CCN1C(=O)CCc1cscn1. The Morgan fingerprint density at radius 1 is 1.36 bits per heavy atom. The van der Waals surface area contributed by atoms with Crippen LogP contribution in [0.1, 0.15) is 29.3 Å². The second-order valence-corrected chi connectivity index (χ2v) is 5.98. The molecule has 1 unspecified atom stereocenters. The molecule has 5 nitrogen and oxygen atoms in total. The van der Waals surface area contributed by atoms with E-state index in [0.717, 1.165) is 16.8 Å². The third-order valence-corrected chi connectivity index (χ3v) is 4.55. The van der Waals surface area contributed by atoms with E-state index in [1.54, 1.807) is 11.6 Å². The van der Waals surface area contributed by atoms with Gasteiger partial charge < -0.3 is 10.0 Å². The number of carbonyl (C=O) groups excluding carboxylic acids is 1. The second kappa shape index (κ2) is 6.27. The predicted octanol–water partition coefficient (Wildman–Crippen LogP) is 2.29. The van der Waals surface area contributed by atoms with Crippen LogP contribution in [-0.2, 0) is 22.4 Å². The van der Waals surface area contributed by atoms with E-state index in [1.165, 1.54) is 16.2 Å². The van der Waals surface area contributed by atoms with Crippen LogP contribution in [-0.4, -0.2) is 33.4 Å². The summed E-state index contributed by atoms with van der Waals surface area (Å²) in [6, 6.07) is 6.57. The Labute approximate surface area is 132 Å². The molecule has 1 N–H and O–H groups in total. The van der Waals surface area contributed by atoms with Crippen molar-refractivity contribution in [2.75, 3.05) is 6.54 Å². The Morgan fingerprint density at radius 2 is 2.18 bits per heavy atom. The number of aliphatic carboxylic acids is 1. The predicted molar refractivity (Wildman–Crippen MR) is 82.7 cm³/mol. The Hall–Kier alpha value is -2.21. The molecule has 22 heavy (non-hydrogen) atoms. The molecular weight excluding hydrogens is 300 g/mol. The van der Waals surface area contributed by atoms with Crippen molar-refractivity contribution < 1.29 is 14.7 Å². The van der Waals surface area contributed by atoms with Gasteiger partial charge in [-0.15, -0.1) is 11.3 Å². The molecule has 0 saturated carbocycles. The Bertz CT molecular complexity index is 684. The van der Waals surface area contributed by atoms with Gasteiger partial charge in [0.15, 0.2) is 6.04 Å². The molecule has 0 fully saturated rings. The van der Waals surface area contributed by atoms with E-state index in [9.17, 15) is 14.7 Å². The molecule has 0 radical (unpaired) electrons. The summed E-state index contributed by atoms with van der Waals surface area (Å²) >= 11 is 1.49. The third kappa shape index (κ3) is 2.87. The summed E-state index contributed by atoms with van der Waals surface area (Å²) in [5.41, 5.74) is 4.35. The monoisotopic (exact) mass is 316 g/mol. The molecule has 0 saturated heterocycles. The zero-order chi connectivity index (χ0) is 15.5. The normalized spacial score (nSPS) is 17.1. The van der Waals surface area contributed by atoms with Gasteiger partial charge in [-0.05, 0) is 24.0 Å². The number of benzene rings is 1. The molecule has 3 rings (SSSR count). The van der Waals surface area contributed by atoms with Gasteiger partial charge in [0.05, 0.1) is 11.2 Å². The van der Waals surface area contributed by atoms with E-state index in [2.05, 4.69) is 4.98 Å². The number of aryl methyl sites for hydroxylation is 1. The van der Waals surface area contributed by atoms with Gasteiger partial charge in [0.25, 0.3) is 0 Å². The number of carboxylic acid groups (broad SMARTS) is 1. The lowest BCUT2D eigenvalue weighted by Crippen LogP contribution is -2.43. The van der Waals surface area contributed by atoms with Gasteiger partial charge in [-0.25, -0.2) is 9.78 Å². The quantitative estimate of drug-likeness (QED) is 0.939. The second-order valence-electron chi connectivity index (χ2n) is 5.26. The Balaban J connectivity index is 1.78. The summed E-state index contributed by atoms with van der Waals surface area (Å²) in [5.74, 6) is -1.11.